The van der Waals surface area contributed by atoms with Gasteiger partial charge in [0.25, 0.3) is 5.91 Å². The van der Waals surface area contributed by atoms with Crippen LogP contribution in [0, 0.1) is 0 Å². The highest BCUT2D eigenvalue weighted by Crippen LogP contribution is 2.20. The molecule has 1 aromatic heterocycles. The molecule has 3 aromatic rings. The highest BCUT2D eigenvalue weighted by atomic mass is 32.2. The Kier molecular flexibility index (Phi) is 5.65. The Bertz CT molecular complexity index is 921. The second-order valence-corrected chi connectivity index (χ2v) is 6.45. The lowest BCUT2D eigenvalue weighted by molar-refractivity contribution is 0.0955. The Balaban J connectivity index is 1.54. The molecular formula is C18H17N5O2S. The van der Waals surface area contributed by atoms with Crippen molar-refractivity contribution in [3.05, 3.63) is 71.5 Å². The molecule has 1 amide bonds. The number of hydrazone groups is 1. The lowest BCUT2D eigenvalue weighted by Crippen LogP contribution is -2.17. The molecule has 132 valence electrons. The van der Waals surface area contributed by atoms with E-state index in [0.717, 1.165) is 16.5 Å². The summed E-state index contributed by atoms with van der Waals surface area (Å²) in [5, 5.41) is 22.0. The van der Waals surface area contributed by atoms with E-state index < -0.39 is 0 Å². The van der Waals surface area contributed by atoms with Crippen molar-refractivity contribution in [3.8, 4) is 5.75 Å². The molecule has 3 rings (SSSR count). The van der Waals surface area contributed by atoms with Crippen LogP contribution in [0.25, 0.3) is 0 Å². The van der Waals surface area contributed by atoms with Gasteiger partial charge in [-0.25, -0.2) is 5.43 Å². The number of hydrogen-bond acceptors (Lipinski definition) is 6. The number of aromatic hydroxyl groups is 1. The first-order chi connectivity index (χ1) is 12.6. The van der Waals surface area contributed by atoms with Crippen LogP contribution in [0.3, 0.4) is 0 Å². The lowest BCUT2D eigenvalue weighted by Gasteiger charge is -2.03. The van der Waals surface area contributed by atoms with Crippen LogP contribution in [0.1, 0.15) is 21.5 Å². The van der Waals surface area contributed by atoms with E-state index in [4.69, 9.17) is 0 Å². The van der Waals surface area contributed by atoms with E-state index in [1.807, 2.05) is 23.7 Å². The first-order valence-corrected chi connectivity index (χ1v) is 8.78. The first kappa shape index (κ1) is 17.7. The minimum absolute atomic E-state index is 0.148. The van der Waals surface area contributed by atoms with Crippen LogP contribution in [0.15, 0.2) is 65.1 Å². The molecule has 8 heteroatoms. The predicted octanol–water partition coefficient (Wildman–Crippen LogP) is 2.58. The molecule has 0 bridgehead atoms. The van der Waals surface area contributed by atoms with Gasteiger partial charge in [0, 0.05) is 18.4 Å². The quantitative estimate of drug-likeness (QED) is 0.397. The standard InChI is InChI=1S/C18H17N5O2S/c1-23-12-20-22-18(23)26-11-13-5-7-15(8-6-13)17(25)21-19-10-14-3-2-4-16(24)9-14/h2-10,12,24H,11H2,1H3,(H,21,25)/b19-10+. The highest BCUT2D eigenvalue weighted by molar-refractivity contribution is 7.98. The second-order valence-electron chi connectivity index (χ2n) is 5.50. The normalized spacial score (nSPS) is 11.0. The molecule has 0 radical (unpaired) electrons. The number of nitrogens with one attached hydrogen (secondary N) is 1. The number of carbonyl (C=O) groups is 1. The first-order valence-electron chi connectivity index (χ1n) is 7.80. The summed E-state index contributed by atoms with van der Waals surface area (Å²) in [6.45, 7) is 0. The van der Waals surface area contributed by atoms with Gasteiger partial charge in [0.15, 0.2) is 5.16 Å². The largest absolute Gasteiger partial charge is 0.508 e. The van der Waals surface area contributed by atoms with Crippen molar-refractivity contribution in [2.24, 2.45) is 12.1 Å². The number of phenolic OH excluding ortho intramolecular Hbond substituents is 1. The van der Waals surface area contributed by atoms with Gasteiger partial charge in [0.1, 0.15) is 12.1 Å². The van der Waals surface area contributed by atoms with Gasteiger partial charge in [-0.1, -0.05) is 36.0 Å². The third-order valence-electron chi connectivity index (χ3n) is 3.50. The molecule has 0 atom stereocenters. The molecule has 0 unspecified atom stereocenters. The number of thioether (sulfide) groups is 1. The van der Waals surface area contributed by atoms with Gasteiger partial charge in [0.2, 0.25) is 0 Å². The number of phenols is 1. The van der Waals surface area contributed by atoms with Crippen LogP contribution >= 0.6 is 11.8 Å². The zero-order valence-corrected chi connectivity index (χ0v) is 14.8. The molecule has 2 N–H and O–H groups in total. The number of hydrogen-bond donors (Lipinski definition) is 2. The maximum atomic E-state index is 12.1. The SMILES string of the molecule is Cn1cnnc1SCc1ccc(C(=O)N/N=C/c2cccc(O)c2)cc1. The third-order valence-corrected chi connectivity index (χ3v) is 4.61. The highest BCUT2D eigenvalue weighted by Gasteiger charge is 2.06. The average Bonchev–Trinajstić information content (AvgIpc) is 3.05. The Labute approximate surface area is 154 Å². The molecule has 0 fully saturated rings. The topological polar surface area (TPSA) is 92.4 Å². The molecule has 1 heterocycles. The molecule has 0 saturated carbocycles. The van der Waals surface area contributed by atoms with E-state index in [-0.39, 0.29) is 11.7 Å². The van der Waals surface area contributed by atoms with Gasteiger partial charge in [-0.15, -0.1) is 10.2 Å². The Morgan fingerprint density at radius 1 is 1.31 bits per heavy atom. The molecule has 0 aliphatic carbocycles. The van der Waals surface area contributed by atoms with Crippen molar-refractivity contribution in [3.63, 3.8) is 0 Å². The molecular weight excluding hydrogens is 350 g/mol. The zero-order chi connectivity index (χ0) is 18.4. The molecule has 0 aliphatic rings. The van der Waals surface area contributed by atoms with Crippen molar-refractivity contribution in [2.75, 3.05) is 0 Å². The lowest BCUT2D eigenvalue weighted by atomic mass is 10.1. The molecule has 0 spiro atoms. The van der Waals surface area contributed by atoms with E-state index >= 15 is 0 Å². The third kappa shape index (κ3) is 4.70. The van der Waals surface area contributed by atoms with Gasteiger partial charge in [0.05, 0.1) is 6.21 Å². The van der Waals surface area contributed by atoms with E-state index in [2.05, 4.69) is 20.7 Å². The summed E-state index contributed by atoms with van der Waals surface area (Å²) in [6, 6.07) is 13.9. The molecule has 2 aromatic carbocycles. The van der Waals surface area contributed by atoms with Crippen LogP contribution < -0.4 is 5.43 Å². The minimum Gasteiger partial charge on any atom is -0.508 e. The van der Waals surface area contributed by atoms with Gasteiger partial charge in [-0.3, -0.25) is 4.79 Å². The smallest absolute Gasteiger partial charge is 0.271 e. The van der Waals surface area contributed by atoms with E-state index in [1.165, 1.54) is 6.21 Å². The average molecular weight is 367 g/mol. The number of rotatable bonds is 6. The number of aryl methyl sites for hydroxylation is 1. The number of aromatic nitrogens is 3. The van der Waals surface area contributed by atoms with E-state index in [9.17, 15) is 9.90 Å². The molecule has 0 saturated heterocycles. The summed E-state index contributed by atoms with van der Waals surface area (Å²) >= 11 is 1.58. The Morgan fingerprint density at radius 2 is 2.12 bits per heavy atom. The van der Waals surface area contributed by atoms with Crippen LogP contribution in [0.5, 0.6) is 5.75 Å². The van der Waals surface area contributed by atoms with Crippen LogP contribution in [0.4, 0.5) is 0 Å². The van der Waals surface area contributed by atoms with Crippen LogP contribution in [-0.4, -0.2) is 32.0 Å². The predicted molar refractivity (Wildman–Crippen MR) is 100 cm³/mol. The number of amides is 1. The van der Waals surface area contributed by atoms with Gasteiger partial charge >= 0.3 is 0 Å². The second kappa shape index (κ2) is 8.30. The van der Waals surface area contributed by atoms with Crippen molar-refractivity contribution in [1.29, 1.82) is 0 Å². The van der Waals surface area contributed by atoms with Crippen molar-refractivity contribution in [2.45, 2.75) is 10.9 Å². The number of carbonyl (C=O) groups excluding carboxylic acids is 1. The van der Waals surface area contributed by atoms with Gasteiger partial charge in [-0.05, 0) is 35.4 Å². The number of nitrogens with zero attached hydrogens (tertiary/aromatic N) is 4. The fourth-order valence-corrected chi connectivity index (χ4v) is 2.98. The monoisotopic (exact) mass is 367 g/mol. The maximum absolute atomic E-state index is 12.1. The van der Waals surface area contributed by atoms with Crippen LogP contribution in [-0.2, 0) is 12.8 Å². The maximum Gasteiger partial charge on any atom is 0.271 e. The molecule has 26 heavy (non-hydrogen) atoms. The number of benzene rings is 2. The minimum atomic E-state index is -0.297. The zero-order valence-electron chi connectivity index (χ0n) is 14.0. The summed E-state index contributed by atoms with van der Waals surface area (Å²) in [5.41, 5.74) is 4.77. The molecule has 7 nitrogen and oxygen atoms in total. The molecule has 0 aliphatic heterocycles. The summed E-state index contributed by atoms with van der Waals surface area (Å²) < 4.78 is 1.86. The fraction of sp³-hybridized carbons (Fsp3) is 0.111. The van der Waals surface area contributed by atoms with Gasteiger partial charge in [-0.2, -0.15) is 5.10 Å². The van der Waals surface area contributed by atoms with Crippen LogP contribution in [0.2, 0.25) is 0 Å². The fourth-order valence-electron chi connectivity index (χ4n) is 2.14. The van der Waals surface area contributed by atoms with Crippen molar-refractivity contribution in [1.82, 2.24) is 20.2 Å². The van der Waals surface area contributed by atoms with E-state index in [1.54, 1.807) is 54.5 Å². The van der Waals surface area contributed by atoms with Gasteiger partial charge < -0.3 is 9.67 Å². The Morgan fingerprint density at radius 3 is 2.81 bits per heavy atom. The summed E-state index contributed by atoms with van der Waals surface area (Å²) in [6.07, 6.45) is 3.14. The van der Waals surface area contributed by atoms with E-state index in [0.29, 0.717) is 11.1 Å². The summed E-state index contributed by atoms with van der Waals surface area (Å²) in [4.78, 5) is 12.1. The summed E-state index contributed by atoms with van der Waals surface area (Å²) in [7, 11) is 1.90. The van der Waals surface area contributed by atoms with Crippen molar-refractivity contribution >= 4 is 23.9 Å². The van der Waals surface area contributed by atoms with Crippen molar-refractivity contribution < 1.29 is 9.90 Å². The Hall–Kier alpha value is -3.13. The summed E-state index contributed by atoms with van der Waals surface area (Å²) in [5.74, 6) is 0.591.